The van der Waals surface area contributed by atoms with Crippen molar-refractivity contribution in [3.63, 3.8) is 0 Å². The molecule has 0 aliphatic carbocycles. The summed E-state index contributed by atoms with van der Waals surface area (Å²) in [5, 5.41) is 5.85. The Balaban J connectivity index is 1.36. The van der Waals surface area contributed by atoms with Gasteiger partial charge >= 0.3 is 0 Å². The summed E-state index contributed by atoms with van der Waals surface area (Å²) in [6.07, 6.45) is 1.16. The highest BCUT2D eigenvalue weighted by atomic mass is 32.1. The molecule has 1 aromatic heterocycles. The zero-order chi connectivity index (χ0) is 19.8. The van der Waals surface area contributed by atoms with Crippen LogP contribution in [0.15, 0.2) is 60.0 Å². The quantitative estimate of drug-likeness (QED) is 0.523. The monoisotopic (exact) mass is 394 g/mol. The van der Waals surface area contributed by atoms with Crippen molar-refractivity contribution in [1.29, 1.82) is 0 Å². The van der Waals surface area contributed by atoms with Crippen LogP contribution < -0.4 is 5.32 Å². The highest BCUT2D eigenvalue weighted by molar-refractivity contribution is 7.13. The van der Waals surface area contributed by atoms with E-state index in [9.17, 15) is 4.79 Å². The lowest BCUT2D eigenvalue weighted by Crippen LogP contribution is -2.27. The number of hydrogen-bond donors (Lipinski definition) is 1. The maximum Gasteiger partial charge on any atom is 0.226 e. The van der Waals surface area contributed by atoms with Crippen LogP contribution in [-0.2, 0) is 16.0 Å². The molecule has 0 spiro atoms. The van der Waals surface area contributed by atoms with E-state index in [0.717, 1.165) is 22.7 Å². The van der Waals surface area contributed by atoms with Gasteiger partial charge in [0.2, 0.25) is 5.91 Å². The van der Waals surface area contributed by atoms with E-state index in [1.807, 2.05) is 30.5 Å². The van der Waals surface area contributed by atoms with Gasteiger partial charge in [0.05, 0.1) is 18.2 Å². The molecule has 0 fully saturated rings. The Bertz CT molecular complexity index is 875. The van der Waals surface area contributed by atoms with Crippen LogP contribution in [0.1, 0.15) is 36.3 Å². The summed E-state index contributed by atoms with van der Waals surface area (Å²) in [5.74, 6) is -0.00290. The van der Waals surface area contributed by atoms with Crippen LogP contribution in [0.25, 0.3) is 10.6 Å². The van der Waals surface area contributed by atoms with Crippen LogP contribution >= 0.6 is 11.3 Å². The highest BCUT2D eigenvalue weighted by Gasteiger charge is 2.09. The van der Waals surface area contributed by atoms with E-state index in [1.54, 1.807) is 11.3 Å². The first-order valence-electron chi connectivity index (χ1n) is 9.56. The zero-order valence-electron chi connectivity index (χ0n) is 16.4. The fourth-order valence-corrected chi connectivity index (χ4v) is 3.65. The lowest BCUT2D eigenvalue weighted by molar-refractivity contribution is -0.120. The summed E-state index contributed by atoms with van der Waals surface area (Å²) in [7, 11) is 0. The summed E-state index contributed by atoms with van der Waals surface area (Å²) < 4.78 is 5.83. The van der Waals surface area contributed by atoms with Gasteiger partial charge in [-0.25, -0.2) is 4.98 Å². The van der Waals surface area contributed by atoms with E-state index in [-0.39, 0.29) is 12.0 Å². The number of aromatic nitrogens is 1. The number of nitrogens with one attached hydrogen (secondary N) is 1. The van der Waals surface area contributed by atoms with Crippen molar-refractivity contribution < 1.29 is 9.53 Å². The fraction of sp³-hybridized carbons (Fsp3) is 0.304. The number of hydrogen-bond acceptors (Lipinski definition) is 4. The molecule has 28 heavy (non-hydrogen) atoms. The molecule has 0 bridgehead atoms. The smallest absolute Gasteiger partial charge is 0.226 e. The van der Waals surface area contributed by atoms with Gasteiger partial charge in [0.15, 0.2) is 0 Å². The number of carbonyl (C=O) groups excluding carboxylic acids is 1. The lowest BCUT2D eigenvalue weighted by Gasteiger charge is -2.13. The lowest BCUT2D eigenvalue weighted by atomic mass is 10.1. The summed E-state index contributed by atoms with van der Waals surface area (Å²) in [6.45, 7) is 5.33. The minimum atomic E-state index is -0.00290. The van der Waals surface area contributed by atoms with Crippen LogP contribution in [0, 0.1) is 6.92 Å². The van der Waals surface area contributed by atoms with E-state index >= 15 is 0 Å². The van der Waals surface area contributed by atoms with Crippen molar-refractivity contribution in [3.05, 3.63) is 76.8 Å². The third-order valence-corrected chi connectivity index (χ3v) is 5.41. The predicted octanol–water partition coefficient (Wildman–Crippen LogP) is 4.95. The van der Waals surface area contributed by atoms with Gasteiger partial charge in [-0.3, -0.25) is 4.79 Å². The molecule has 0 aliphatic rings. The Kier molecular flexibility index (Phi) is 7.34. The predicted molar refractivity (Wildman–Crippen MR) is 114 cm³/mol. The van der Waals surface area contributed by atoms with Crippen molar-refractivity contribution in [1.82, 2.24) is 10.3 Å². The van der Waals surface area contributed by atoms with Crippen molar-refractivity contribution in [3.8, 4) is 10.6 Å². The third-order valence-electron chi connectivity index (χ3n) is 4.47. The molecule has 1 amide bonds. The molecule has 1 unspecified atom stereocenters. The van der Waals surface area contributed by atoms with Crippen molar-refractivity contribution in [2.24, 2.45) is 0 Å². The SMILES string of the molecule is Cc1ccc(-c2nc(CC(=O)NCCCOC(C)c3ccccc3)cs2)cc1. The molecular formula is C23H26N2O2S. The molecule has 2 aromatic carbocycles. The Morgan fingerprint density at radius 3 is 2.64 bits per heavy atom. The van der Waals surface area contributed by atoms with E-state index < -0.39 is 0 Å². The molecule has 1 heterocycles. The van der Waals surface area contributed by atoms with Crippen LogP contribution in [-0.4, -0.2) is 24.0 Å². The van der Waals surface area contributed by atoms with Gasteiger partial charge in [0, 0.05) is 24.1 Å². The maximum atomic E-state index is 12.1. The zero-order valence-corrected chi connectivity index (χ0v) is 17.2. The van der Waals surface area contributed by atoms with Crippen molar-refractivity contribution in [2.75, 3.05) is 13.2 Å². The normalized spacial score (nSPS) is 11.9. The second-order valence-electron chi connectivity index (χ2n) is 6.81. The van der Waals surface area contributed by atoms with E-state index in [1.165, 1.54) is 11.1 Å². The first-order chi connectivity index (χ1) is 13.6. The van der Waals surface area contributed by atoms with Gasteiger partial charge in [-0.05, 0) is 25.8 Å². The molecule has 146 valence electrons. The molecule has 5 heteroatoms. The average Bonchev–Trinajstić information content (AvgIpc) is 3.17. The molecule has 3 aromatic rings. The van der Waals surface area contributed by atoms with Gasteiger partial charge < -0.3 is 10.1 Å². The minimum absolute atomic E-state index is 0.00290. The van der Waals surface area contributed by atoms with Crippen LogP contribution in [0.5, 0.6) is 0 Å². The largest absolute Gasteiger partial charge is 0.374 e. The van der Waals surface area contributed by atoms with Crippen molar-refractivity contribution >= 4 is 17.2 Å². The maximum absolute atomic E-state index is 12.1. The highest BCUT2D eigenvalue weighted by Crippen LogP contribution is 2.24. The number of aryl methyl sites for hydroxylation is 1. The third kappa shape index (κ3) is 6.01. The van der Waals surface area contributed by atoms with Gasteiger partial charge in [-0.15, -0.1) is 11.3 Å². The van der Waals surface area contributed by atoms with Gasteiger partial charge in [0.25, 0.3) is 0 Å². The topological polar surface area (TPSA) is 51.2 Å². The Morgan fingerprint density at radius 2 is 1.89 bits per heavy atom. The number of nitrogens with zero attached hydrogens (tertiary/aromatic N) is 1. The molecule has 0 aliphatic heterocycles. The Morgan fingerprint density at radius 1 is 1.14 bits per heavy atom. The number of thiazole rings is 1. The molecule has 0 radical (unpaired) electrons. The summed E-state index contributed by atoms with van der Waals surface area (Å²) in [6, 6.07) is 18.4. The average molecular weight is 395 g/mol. The number of rotatable bonds is 9. The molecule has 3 rings (SSSR count). The van der Waals surface area contributed by atoms with Crippen LogP contribution in [0.3, 0.4) is 0 Å². The van der Waals surface area contributed by atoms with Crippen molar-refractivity contribution in [2.45, 2.75) is 32.8 Å². The van der Waals surface area contributed by atoms with Gasteiger partial charge in [-0.1, -0.05) is 60.2 Å². The summed E-state index contributed by atoms with van der Waals surface area (Å²) >= 11 is 1.57. The van der Waals surface area contributed by atoms with E-state index in [0.29, 0.717) is 19.6 Å². The second kappa shape index (κ2) is 10.2. The Labute approximate surface area is 170 Å². The van der Waals surface area contributed by atoms with Crippen LogP contribution in [0.4, 0.5) is 0 Å². The standard InChI is InChI=1S/C23H26N2O2S/c1-17-9-11-20(12-10-17)23-25-21(16-28-23)15-22(26)24-13-6-14-27-18(2)19-7-4-3-5-8-19/h3-5,7-12,16,18H,6,13-15H2,1-2H3,(H,24,26). The summed E-state index contributed by atoms with van der Waals surface area (Å²) in [5.41, 5.74) is 4.29. The number of carbonyl (C=O) groups is 1. The first kappa shape index (κ1) is 20.2. The minimum Gasteiger partial charge on any atom is -0.374 e. The van der Waals surface area contributed by atoms with Gasteiger partial charge in [0.1, 0.15) is 5.01 Å². The number of ether oxygens (including phenoxy) is 1. The Hall–Kier alpha value is -2.50. The second-order valence-corrected chi connectivity index (χ2v) is 7.67. The van der Waals surface area contributed by atoms with Gasteiger partial charge in [-0.2, -0.15) is 0 Å². The molecule has 1 N–H and O–H groups in total. The van der Waals surface area contributed by atoms with Crippen LogP contribution in [0.2, 0.25) is 0 Å². The molecule has 1 atom stereocenters. The molecule has 0 saturated heterocycles. The fourth-order valence-electron chi connectivity index (χ4n) is 2.82. The molecule has 4 nitrogen and oxygen atoms in total. The molecule has 0 saturated carbocycles. The summed E-state index contributed by atoms with van der Waals surface area (Å²) in [4.78, 5) is 16.7. The number of benzene rings is 2. The van der Waals surface area contributed by atoms with E-state index in [4.69, 9.17) is 4.74 Å². The number of amides is 1. The first-order valence-corrected chi connectivity index (χ1v) is 10.4. The van der Waals surface area contributed by atoms with E-state index in [2.05, 4.69) is 53.6 Å². The molecular weight excluding hydrogens is 368 g/mol.